The van der Waals surface area contributed by atoms with Crippen LogP contribution < -0.4 is 5.32 Å². The smallest absolute Gasteiger partial charge is 0.0196 e. The van der Waals surface area contributed by atoms with Crippen LogP contribution in [0.1, 0.15) is 34.1 Å². The van der Waals surface area contributed by atoms with Crippen molar-refractivity contribution in [2.75, 3.05) is 26.2 Å². The van der Waals surface area contributed by atoms with Gasteiger partial charge in [0.05, 0.1) is 0 Å². The monoisotopic (exact) mass is 196 g/mol. The molecule has 0 amide bonds. The summed E-state index contributed by atoms with van der Waals surface area (Å²) in [5, 5.41) is 3.30. The van der Waals surface area contributed by atoms with Crippen LogP contribution in [-0.4, -0.2) is 37.1 Å². The Morgan fingerprint density at radius 1 is 1.43 bits per heavy atom. The summed E-state index contributed by atoms with van der Waals surface area (Å²) >= 11 is 0. The first-order valence-electron chi connectivity index (χ1n) is 5.77. The highest BCUT2D eigenvalue weighted by Gasteiger charge is 2.14. The zero-order chi connectivity index (χ0) is 10.6. The number of hydrogen-bond donors (Lipinski definition) is 1. The molecule has 1 aliphatic rings. The zero-order valence-electron chi connectivity index (χ0n) is 10.1. The first-order valence-corrected chi connectivity index (χ1v) is 5.77. The Morgan fingerprint density at radius 2 is 2.07 bits per heavy atom. The van der Waals surface area contributed by atoms with E-state index < -0.39 is 0 Å². The Bertz CT molecular complexity index is 200. The Kier molecular flexibility index (Phi) is 4.63. The number of rotatable bonds is 5. The Labute approximate surface area is 88.4 Å². The van der Waals surface area contributed by atoms with Crippen molar-refractivity contribution in [1.82, 2.24) is 10.2 Å². The van der Waals surface area contributed by atoms with Crippen molar-refractivity contribution in [3.63, 3.8) is 0 Å². The molecule has 1 N–H and O–H groups in total. The summed E-state index contributed by atoms with van der Waals surface area (Å²) in [7, 11) is 0. The first-order chi connectivity index (χ1) is 6.65. The van der Waals surface area contributed by atoms with Gasteiger partial charge in [0.25, 0.3) is 0 Å². The van der Waals surface area contributed by atoms with Crippen LogP contribution in [0.2, 0.25) is 0 Å². The Balaban J connectivity index is 2.45. The first kappa shape index (κ1) is 11.7. The third kappa shape index (κ3) is 3.10. The van der Waals surface area contributed by atoms with E-state index in [0.717, 1.165) is 19.6 Å². The van der Waals surface area contributed by atoms with Gasteiger partial charge in [-0.25, -0.2) is 0 Å². The van der Waals surface area contributed by atoms with Crippen LogP contribution in [0.15, 0.2) is 11.1 Å². The molecule has 2 heteroatoms. The van der Waals surface area contributed by atoms with Gasteiger partial charge in [0, 0.05) is 25.7 Å². The Morgan fingerprint density at radius 3 is 2.43 bits per heavy atom. The molecule has 14 heavy (non-hydrogen) atoms. The van der Waals surface area contributed by atoms with Gasteiger partial charge in [-0.2, -0.15) is 0 Å². The van der Waals surface area contributed by atoms with Gasteiger partial charge in [0.1, 0.15) is 0 Å². The molecule has 2 nitrogen and oxygen atoms in total. The van der Waals surface area contributed by atoms with Crippen molar-refractivity contribution in [3.8, 4) is 0 Å². The fourth-order valence-corrected chi connectivity index (χ4v) is 1.78. The van der Waals surface area contributed by atoms with Gasteiger partial charge in [0.15, 0.2) is 0 Å². The molecule has 0 aromatic rings. The highest BCUT2D eigenvalue weighted by atomic mass is 15.1. The lowest BCUT2D eigenvalue weighted by Crippen LogP contribution is -2.38. The molecule has 0 atom stereocenters. The van der Waals surface area contributed by atoms with Gasteiger partial charge in [-0.05, 0) is 39.3 Å². The van der Waals surface area contributed by atoms with Gasteiger partial charge in [-0.1, -0.05) is 12.5 Å². The maximum absolute atomic E-state index is 3.30. The zero-order valence-corrected chi connectivity index (χ0v) is 10.1. The van der Waals surface area contributed by atoms with Gasteiger partial charge < -0.3 is 5.32 Å². The number of hydrogen-bond acceptors (Lipinski definition) is 2. The molecule has 0 aromatic heterocycles. The lowest BCUT2D eigenvalue weighted by atomic mass is 10.0. The van der Waals surface area contributed by atoms with E-state index in [0.29, 0.717) is 6.04 Å². The largest absolute Gasteiger partial charge is 0.309 e. The van der Waals surface area contributed by atoms with Gasteiger partial charge in [-0.3, -0.25) is 4.90 Å². The molecular weight excluding hydrogens is 172 g/mol. The maximum Gasteiger partial charge on any atom is 0.0196 e. The maximum atomic E-state index is 3.30. The van der Waals surface area contributed by atoms with Crippen LogP contribution in [0.5, 0.6) is 0 Å². The summed E-state index contributed by atoms with van der Waals surface area (Å²) in [4.78, 5) is 2.56. The summed E-state index contributed by atoms with van der Waals surface area (Å²) in [5.41, 5.74) is 3.19. The molecule has 0 saturated carbocycles. The minimum absolute atomic E-state index is 0.665. The lowest BCUT2D eigenvalue weighted by Gasteiger charge is -2.29. The van der Waals surface area contributed by atoms with Gasteiger partial charge in [-0.15, -0.1) is 0 Å². The van der Waals surface area contributed by atoms with Crippen molar-refractivity contribution >= 4 is 0 Å². The van der Waals surface area contributed by atoms with Crippen molar-refractivity contribution in [1.29, 1.82) is 0 Å². The second-order valence-corrected chi connectivity index (χ2v) is 4.55. The molecule has 0 radical (unpaired) electrons. The van der Waals surface area contributed by atoms with Crippen LogP contribution in [0, 0.1) is 0 Å². The highest BCUT2D eigenvalue weighted by Crippen LogP contribution is 2.12. The van der Waals surface area contributed by atoms with E-state index in [-0.39, 0.29) is 0 Å². The minimum Gasteiger partial charge on any atom is -0.309 e. The molecule has 1 fully saturated rings. The molecular formula is C12H24N2. The van der Waals surface area contributed by atoms with Crippen LogP contribution in [0.3, 0.4) is 0 Å². The van der Waals surface area contributed by atoms with Crippen LogP contribution in [-0.2, 0) is 0 Å². The molecule has 0 spiro atoms. The number of nitrogens with zero attached hydrogens (tertiary/aromatic N) is 1. The quantitative estimate of drug-likeness (QED) is 0.677. The van der Waals surface area contributed by atoms with Crippen LogP contribution in [0.4, 0.5) is 0 Å². The van der Waals surface area contributed by atoms with E-state index in [9.17, 15) is 0 Å². The fraction of sp³-hybridized carbons (Fsp3) is 0.833. The van der Waals surface area contributed by atoms with Crippen molar-refractivity contribution in [2.45, 2.75) is 40.2 Å². The van der Waals surface area contributed by atoms with Crippen LogP contribution >= 0.6 is 0 Å². The molecule has 0 bridgehead atoms. The van der Waals surface area contributed by atoms with E-state index in [4.69, 9.17) is 0 Å². The molecule has 1 aliphatic heterocycles. The predicted molar refractivity (Wildman–Crippen MR) is 62.6 cm³/mol. The number of nitrogens with one attached hydrogen (secondary N) is 1. The predicted octanol–water partition coefficient (Wildman–Crippen LogP) is 2.03. The summed E-state index contributed by atoms with van der Waals surface area (Å²) in [6.07, 6.45) is 1.25. The van der Waals surface area contributed by atoms with E-state index in [1.807, 2.05) is 0 Å². The third-order valence-electron chi connectivity index (χ3n) is 2.96. The third-order valence-corrected chi connectivity index (χ3v) is 2.96. The second kappa shape index (κ2) is 5.52. The topological polar surface area (TPSA) is 15.3 Å². The molecule has 1 saturated heterocycles. The second-order valence-electron chi connectivity index (χ2n) is 4.55. The molecule has 0 unspecified atom stereocenters. The lowest BCUT2D eigenvalue weighted by molar-refractivity contribution is 0.240. The van der Waals surface area contributed by atoms with Crippen molar-refractivity contribution in [3.05, 3.63) is 11.1 Å². The molecule has 0 aliphatic carbocycles. The molecule has 0 aromatic carbocycles. The fourth-order valence-electron chi connectivity index (χ4n) is 1.78. The van der Waals surface area contributed by atoms with E-state index in [1.54, 1.807) is 11.1 Å². The molecule has 1 rings (SSSR count). The molecule has 82 valence electrons. The summed E-state index contributed by atoms with van der Waals surface area (Å²) in [6.45, 7) is 13.7. The van der Waals surface area contributed by atoms with Crippen molar-refractivity contribution in [2.24, 2.45) is 0 Å². The normalized spacial score (nSPS) is 16.3. The summed E-state index contributed by atoms with van der Waals surface area (Å²) in [6, 6.07) is 0.665. The minimum atomic E-state index is 0.665. The van der Waals surface area contributed by atoms with E-state index in [2.05, 4.69) is 37.9 Å². The molecule has 1 heterocycles. The van der Waals surface area contributed by atoms with E-state index >= 15 is 0 Å². The van der Waals surface area contributed by atoms with Crippen molar-refractivity contribution < 1.29 is 0 Å². The highest BCUT2D eigenvalue weighted by molar-refractivity contribution is 5.22. The van der Waals surface area contributed by atoms with Gasteiger partial charge >= 0.3 is 0 Å². The van der Waals surface area contributed by atoms with E-state index in [1.165, 1.54) is 13.0 Å². The van der Waals surface area contributed by atoms with Gasteiger partial charge in [0.2, 0.25) is 0 Å². The Hall–Kier alpha value is -0.340. The summed E-state index contributed by atoms with van der Waals surface area (Å²) in [5.74, 6) is 0. The average Bonchev–Trinajstić information content (AvgIpc) is 1.99. The standard InChI is InChI=1S/C12H24N2/c1-5-6-14(10(2)3)9-11(4)12-7-13-8-12/h10,13H,5-9H2,1-4H3. The average molecular weight is 196 g/mol. The van der Waals surface area contributed by atoms with Crippen LogP contribution in [0.25, 0.3) is 0 Å². The SMILES string of the molecule is CCCN(CC(C)=C1CNC1)C(C)C. The summed E-state index contributed by atoms with van der Waals surface area (Å²) < 4.78 is 0.